The van der Waals surface area contributed by atoms with Crippen LogP contribution in [0.5, 0.6) is 0 Å². The van der Waals surface area contributed by atoms with Crippen LogP contribution in [0.3, 0.4) is 0 Å². The van der Waals surface area contributed by atoms with E-state index >= 15 is 0 Å². The van der Waals surface area contributed by atoms with Gasteiger partial charge in [0.2, 0.25) is 0 Å². The van der Waals surface area contributed by atoms with Crippen molar-refractivity contribution < 1.29 is 27.6 Å². The minimum atomic E-state index is -4.22. The van der Waals surface area contributed by atoms with Crippen molar-refractivity contribution in [3.05, 3.63) is 18.3 Å². The summed E-state index contributed by atoms with van der Waals surface area (Å²) in [5.41, 5.74) is 1.07. The highest BCUT2D eigenvalue weighted by atomic mass is 32.2. The Kier molecular flexibility index (Phi) is 5.70. The van der Waals surface area contributed by atoms with Gasteiger partial charge in [0.25, 0.3) is 0 Å². The number of aliphatic hydroxyl groups excluding tert-OH is 2. The molecule has 0 amide bonds. The van der Waals surface area contributed by atoms with Gasteiger partial charge in [0.1, 0.15) is 29.7 Å². The van der Waals surface area contributed by atoms with E-state index in [2.05, 4.69) is 31.0 Å². The number of aliphatic hydroxyl groups is 2. The topological polar surface area (TPSA) is 163 Å². The molecule has 0 saturated heterocycles. The molecule has 1 fully saturated rings. The van der Waals surface area contributed by atoms with E-state index < -0.39 is 35.3 Å². The van der Waals surface area contributed by atoms with E-state index in [9.17, 15) is 18.6 Å². The molecule has 0 aromatic carbocycles. The van der Waals surface area contributed by atoms with Gasteiger partial charge in [-0.25, -0.2) is 20.1 Å². The minimum absolute atomic E-state index is 0.263. The van der Waals surface area contributed by atoms with Gasteiger partial charge < -0.3 is 14.9 Å². The normalized spacial score (nSPS) is 17.9. The summed E-state index contributed by atoms with van der Waals surface area (Å²) >= 11 is 0. The Labute approximate surface area is 155 Å². The van der Waals surface area contributed by atoms with Crippen LogP contribution >= 0.6 is 0 Å². The second-order valence-corrected chi connectivity index (χ2v) is 7.27. The summed E-state index contributed by atoms with van der Waals surface area (Å²) in [6, 6.07) is 0. The molecule has 1 aliphatic carbocycles. The van der Waals surface area contributed by atoms with E-state index in [1.165, 1.54) is 24.3 Å². The number of fused-ring (bicyclic) bond motifs is 1. The van der Waals surface area contributed by atoms with Gasteiger partial charge in [0.05, 0.1) is 12.9 Å². The predicted octanol–water partition coefficient (Wildman–Crippen LogP) is -1.33. The SMILES string of the molecule is CO[C@H](COS(N)(=O)=O)[C@@H](O)[C@@H](O)n1cnc2c(C#CC3CC3)ncnc21. The van der Waals surface area contributed by atoms with Gasteiger partial charge in [-0.2, -0.15) is 8.42 Å². The van der Waals surface area contributed by atoms with Crippen molar-refractivity contribution in [2.45, 2.75) is 31.3 Å². The molecule has 1 aliphatic rings. The average Bonchev–Trinajstić information content (AvgIpc) is 3.35. The molecule has 0 spiro atoms. The van der Waals surface area contributed by atoms with Crippen LogP contribution in [-0.2, 0) is 19.2 Å². The molecular formula is C15H19N5O6S. The molecule has 1 saturated carbocycles. The third-order valence-corrected chi connectivity index (χ3v) is 4.47. The van der Waals surface area contributed by atoms with Crippen molar-refractivity contribution in [3.8, 4) is 11.8 Å². The number of hydrogen-bond donors (Lipinski definition) is 3. The zero-order chi connectivity index (χ0) is 19.6. The Hall–Kier alpha value is -2.14. The van der Waals surface area contributed by atoms with Crippen molar-refractivity contribution in [1.82, 2.24) is 19.5 Å². The minimum Gasteiger partial charge on any atom is -0.386 e. The Bertz CT molecular complexity index is 977. The highest BCUT2D eigenvalue weighted by molar-refractivity contribution is 7.84. The van der Waals surface area contributed by atoms with Gasteiger partial charge in [-0.15, -0.1) is 0 Å². The Balaban J connectivity index is 1.83. The third-order valence-electron chi connectivity index (χ3n) is 4.00. The second kappa shape index (κ2) is 7.85. The zero-order valence-corrected chi connectivity index (χ0v) is 15.2. The average molecular weight is 397 g/mol. The van der Waals surface area contributed by atoms with Crippen LogP contribution in [0.2, 0.25) is 0 Å². The smallest absolute Gasteiger partial charge is 0.333 e. The molecular weight excluding hydrogens is 378 g/mol. The van der Waals surface area contributed by atoms with Crippen LogP contribution in [0, 0.1) is 17.8 Å². The van der Waals surface area contributed by atoms with Crippen LogP contribution in [0.1, 0.15) is 24.8 Å². The van der Waals surface area contributed by atoms with E-state index in [1.54, 1.807) is 0 Å². The number of imidazole rings is 1. The first-order chi connectivity index (χ1) is 12.8. The number of aromatic nitrogens is 4. The Morgan fingerprint density at radius 3 is 2.74 bits per heavy atom. The van der Waals surface area contributed by atoms with Crippen molar-refractivity contribution in [2.24, 2.45) is 11.1 Å². The molecule has 2 heterocycles. The molecule has 2 aromatic heterocycles. The van der Waals surface area contributed by atoms with Crippen molar-refractivity contribution >= 4 is 21.5 Å². The molecule has 3 atom stereocenters. The summed E-state index contributed by atoms with van der Waals surface area (Å²) < 4.78 is 32.4. The molecule has 27 heavy (non-hydrogen) atoms. The molecule has 0 aliphatic heterocycles. The quantitative estimate of drug-likeness (QED) is 0.481. The first kappa shape index (κ1) is 19.6. The molecule has 4 N–H and O–H groups in total. The lowest BCUT2D eigenvalue weighted by molar-refractivity contribution is -0.112. The van der Waals surface area contributed by atoms with Gasteiger partial charge in [0.15, 0.2) is 11.9 Å². The van der Waals surface area contributed by atoms with Crippen LogP contribution in [0.25, 0.3) is 11.2 Å². The lowest BCUT2D eigenvalue weighted by atomic mass is 10.2. The summed E-state index contributed by atoms with van der Waals surface area (Å²) in [5, 5.41) is 25.6. The molecule has 146 valence electrons. The summed E-state index contributed by atoms with van der Waals surface area (Å²) in [7, 11) is -2.99. The first-order valence-corrected chi connectivity index (χ1v) is 9.52. The summed E-state index contributed by atoms with van der Waals surface area (Å²) in [4.78, 5) is 12.4. The number of ether oxygens (including phenoxy) is 1. The summed E-state index contributed by atoms with van der Waals surface area (Å²) in [6.07, 6.45) is 0.441. The maximum Gasteiger partial charge on any atom is 0.333 e. The second-order valence-electron chi connectivity index (χ2n) is 6.05. The highest BCUT2D eigenvalue weighted by Crippen LogP contribution is 2.28. The Morgan fingerprint density at radius 2 is 2.11 bits per heavy atom. The van der Waals surface area contributed by atoms with E-state index in [0.717, 1.165) is 12.8 Å². The van der Waals surface area contributed by atoms with Crippen molar-refractivity contribution in [1.29, 1.82) is 0 Å². The fraction of sp³-hybridized carbons (Fsp3) is 0.533. The predicted molar refractivity (Wildman–Crippen MR) is 92.0 cm³/mol. The number of nitrogens with zero attached hydrogens (tertiary/aromatic N) is 4. The van der Waals surface area contributed by atoms with Gasteiger partial charge in [-0.1, -0.05) is 5.92 Å². The fourth-order valence-electron chi connectivity index (χ4n) is 2.36. The van der Waals surface area contributed by atoms with E-state index in [1.807, 2.05) is 0 Å². The lowest BCUT2D eigenvalue weighted by Crippen LogP contribution is -2.40. The van der Waals surface area contributed by atoms with Gasteiger partial charge in [-0.05, 0) is 18.8 Å². The standard InChI is InChI=1S/C15H19N5O6S/c1-25-11(6-26-27(16,23)24)13(21)15(22)20-8-19-12-10(5-4-9-2-3-9)17-7-18-14(12)20/h7-9,11,13,15,21-22H,2-3,6H2,1H3,(H2,16,23,24)/t11-,13-,15-/m1/s1. The Morgan fingerprint density at radius 1 is 1.37 bits per heavy atom. The van der Waals surface area contributed by atoms with Crippen molar-refractivity contribution in [3.63, 3.8) is 0 Å². The van der Waals surface area contributed by atoms with Crippen LogP contribution in [0.4, 0.5) is 0 Å². The number of nitrogens with two attached hydrogens (primary N) is 1. The van der Waals surface area contributed by atoms with E-state index in [0.29, 0.717) is 17.1 Å². The first-order valence-electron chi connectivity index (χ1n) is 8.05. The summed E-state index contributed by atoms with van der Waals surface area (Å²) in [6.45, 7) is -0.576. The molecule has 2 aromatic rings. The number of rotatable bonds is 7. The van der Waals surface area contributed by atoms with Gasteiger partial charge in [0, 0.05) is 13.0 Å². The largest absolute Gasteiger partial charge is 0.386 e. The third kappa shape index (κ3) is 4.78. The summed E-state index contributed by atoms with van der Waals surface area (Å²) in [5.74, 6) is 6.41. The van der Waals surface area contributed by atoms with E-state index in [-0.39, 0.29) is 5.65 Å². The molecule has 3 rings (SSSR count). The number of hydrogen-bond acceptors (Lipinski definition) is 9. The molecule has 12 heteroatoms. The maximum atomic E-state index is 10.9. The maximum absolute atomic E-state index is 10.9. The molecule has 11 nitrogen and oxygen atoms in total. The lowest BCUT2D eigenvalue weighted by Gasteiger charge is -2.25. The van der Waals surface area contributed by atoms with Gasteiger partial charge in [-0.3, -0.25) is 8.75 Å². The highest BCUT2D eigenvalue weighted by Gasteiger charge is 2.30. The van der Waals surface area contributed by atoms with Crippen molar-refractivity contribution in [2.75, 3.05) is 13.7 Å². The van der Waals surface area contributed by atoms with E-state index in [4.69, 9.17) is 9.88 Å². The zero-order valence-electron chi connectivity index (χ0n) is 14.4. The monoisotopic (exact) mass is 397 g/mol. The number of methoxy groups -OCH3 is 1. The molecule has 0 bridgehead atoms. The van der Waals surface area contributed by atoms with Crippen LogP contribution in [-0.4, -0.2) is 64.1 Å². The fourth-order valence-corrected chi connectivity index (χ4v) is 2.68. The van der Waals surface area contributed by atoms with Crippen LogP contribution < -0.4 is 5.14 Å². The molecule has 0 radical (unpaired) electrons. The molecule has 0 unspecified atom stereocenters. The van der Waals surface area contributed by atoms with Gasteiger partial charge >= 0.3 is 10.3 Å². The van der Waals surface area contributed by atoms with Crippen LogP contribution in [0.15, 0.2) is 12.7 Å².